The average molecular weight is 234 g/mol. The number of hydrogen-bond donors (Lipinski definition) is 0. The summed E-state index contributed by atoms with van der Waals surface area (Å²) >= 11 is 0. The van der Waals surface area contributed by atoms with E-state index in [2.05, 4.69) is 14.9 Å². The molecule has 0 spiro atoms. The molecule has 17 heavy (non-hydrogen) atoms. The van der Waals surface area contributed by atoms with Crippen molar-refractivity contribution in [1.82, 2.24) is 14.9 Å². The fourth-order valence-corrected chi connectivity index (χ4v) is 2.07. The van der Waals surface area contributed by atoms with Crippen molar-refractivity contribution in [2.75, 3.05) is 31.1 Å². The van der Waals surface area contributed by atoms with Gasteiger partial charge < -0.3 is 9.80 Å². The molecule has 0 aromatic carbocycles. The van der Waals surface area contributed by atoms with Crippen molar-refractivity contribution in [3.63, 3.8) is 0 Å². The Morgan fingerprint density at radius 2 is 1.65 bits per heavy atom. The number of amides is 1. The molecule has 1 saturated heterocycles. The second kappa shape index (κ2) is 4.69. The molecule has 1 aromatic rings. The highest BCUT2D eigenvalue weighted by Crippen LogP contribution is 2.12. The SMILES string of the molecule is CC(=O)N1CCN(c2nc(C)cc(C)n2)CC1. The fraction of sp³-hybridized carbons (Fsp3) is 0.583. The molecule has 5 heteroatoms. The van der Waals surface area contributed by atoms with Crippen molar-refractivity contribution < 1.29 is 4.79 Å². The zero-order valence-corrected chi connectivity index (χ0v) is 10.6. The summed E-state index contributed by atoms with van der Waals surface area (Å²) in [5.74, 6) is 0.927. The smallest absolute Gasteiger partial charge is 0.225 e. The van der Waals surface area contributed by atoms with E-state index in [9.17, 15) is 4.79 Å². The number of aryl methyl sites for hydroxylation is 2. The summed E-state index contributed by atoms with van der Waals surface area (Å²) in [7, 11) is 0. The van der Waals surface area contributed by atoms with Gasteiger partial charge in [-0.05, 0) is 19.9 Å². The lowest BCUT2D eigenvalue weighted by Gasteiger charge is -2.34. The summed E-state index contributed by atoms with van der Waals surface area (Å²) in [5, 5.41) is 0. The van der Waals surface area contributed by atoms with Gasteiger partial charge in [0.2, 0.25) is 11.9 Å². The van der Waals surface area contributed by atoms with Gasteiger partial charge in [-0.1, -0.05) is 0 Å². The number of carbonyl (C=O) groups is 1. The first-order chi connectivity index (χ1) is 8.06. The summed E-state index contributed by atoms with van der Waals surface area (Å²) in [5.41, 5.74) is 1.97. The lowest BCUT2D eigenvalue weighted by molar-refractivity contribution is -0.129. The van der Waals surface area contributed by atoms with E-state index in [1.165, 1.54) is 0 Å². The molecule has 0 unspecified atom stereocenters. The summed E-state index contributed by atoms with van der Waals surface area (Å²) in [4.78, 5) is 24.1. The van der Waals surface area contributed by atoms with E-state index in [4.69, 9.17) is 0 Å². The lowest BCUT2D eigenvalue weighted by Crippen LogP contribution is -2.48. The molecule has 0 saturated carbocycles. The standard InChI is InChI=1S/C12H18N4O/c1-9-8-10(2)14-12(13-9)16-6-4-15(5-7-16)11(3)17/h8H,4-7H2,1-3H3. The van der Waals surface area contributed by atoms with Crippen LogP contribution in [-0.4, -0.2) is 47.0 Å². The van der Waals surface area contributed by atoms with Crippen molar-refractivity contribution in [3.05, 3.63) is 17.5 Å². The van der Waals surface area contributed by atoms with Crippen molar-refractivity contribution in [2.24, 2.45) is 0 Å². The van der Waals surface area contributed by atoms with Crippen molar-refractivity contribution in [3.8, 4) is 0 Å². The third-order valence-electron chi connectivity index (χ3n) is 2.98. The molecule has 0 atom stereocenters. The van der Waals surface area contributed by atoms with E-state index in [0.29, 0.717) is 0 Å². The third kappa shape index (κ3) is 2.72. The number of anilines is 1. The topological polar surface area (TPSA) is 49.3 Å². The minimum atomic E-state index is 0.144. The van der Waals surface area contributed by atoms with Gasteiger partial charge in [-0.25, -0.2) is 9.97 Å². The molecule has 1 aliphatic heterocycles. The Labute approximate surface area is 101 Å². The monoisotopic (exact) mass is 234 g/mol. The van der Waals surface area contributed by atoms with Gasteiger partial charge in [-0.3, -0.25) is 4.79 Å². The number of piperazine rings is 1. The highest BCUT2D eigenvalue weighted by Gasteiger charge is 2.20. The molecular weight excluding hydrogens is 216 g/mol. The second-order valence-electron chi connectivity index (χ2n) is 4.44. The Bertz CT molecular complexity index is 404. The molecule has 1 aromatic heterocycles. The maximum absolute atomic E-state index is 11.2. The minimum absolute atomic E-state index is 0.144. The van der Waals surface area contributed by atoms with Gasteiger partial charge in [0.1, 0.15) is 0 Å². The molecule has 0 N–H and O–H groups in total. The van der Waals surface area contributed by atoms with Crippen LogP contribution in [0.3, 0.4) is 0 Å². The summed E-state index contributed by atoms with van der Waals surface area (Å²) in [6, 6.07) is 1.97. The van der Waals surface area contributed by atoms with E-state index >= 15 is 0 Å². The first-order valence-corrected chi connectivity index (χ1v) is 5.89. The number of rotatable bonds is 1. The van der Waals surface area contributed by atoms with E-state index in [1.807, 2.05) is 24.8 Å². The second-order valence-corrected chi connectivity index (χ2v) is 4.44. The number of nitrogens with zero attached hydrogens (tertiary/aromatic N) is 4. The van der Waals surface area contributed by atoms with Crippen LogP contribution in [-0.2, 0) is 4.79 Å². The summed E-state index contributed by atoms with van der Waals surface area (Å²) < 4.78 is 0. The van der Waals surface area contributed by atoms with Crippen LogP contribution in [0.25, 0.3) is 0 Å². The predicted molar refractivity (Wildman–Crippen MR) is 66.0 cm³/mol. The predicted octanol–water partition coefficient (Wildman–Crippen LogP) is 0.762. The Morgan fingerprint density at radius 3 is 2.12 bits per heavy atom. The maximum Gasteiger partial charge on any atom is 0.225 e. The zero-order chi connectivity index (χ0) is 12.4. The zero-order valence-electron chi connectivity index (χ0n) is 10.6. The van der Waals surface area contributed by atoms with Crippen LogP contribution in [0, 0.1) is 13.8 Å². The van der Waals surface area contributed by atoms with Gasteiger partial charge in [0.25, 0.3) is 0 Å². The Kier molecular flexibility index (Phi) is 3.26. The van der Waals surface area contributed by atoms with Crippen LogP contribution < -0.4 is 4.90 Å². The van der Waals surface area contributed by atoms with E-state index in [-0.39, 0.29) is 5.91 Å². The molecule has 1 aliphatic rings. The summed E-state index contributed by atoms with van der Waals surface area (Å²) in [6.45, 7) is 8.69. The molecular formula is C12H18N4O. The molecule has 2 rings (SSSR count). The van der Waals surface area contributed by atoms with Crippen LogP contribution >= 0.6 is 0 Å². The van der Waals surface area contributed by atoms with Gasteiger partial charge in [-0.15, -0.1) is 0 Å². The summed E-state index contributed by atoms with van der Waals surface area (Å²) in [6.07, 6.45) is 0. The van der Waals surface area contributed by atoms with Crippen molar-refractivity contribution in [1.29, 1.82) is 0 Å². The molecule has 1 fully saturated rings. The Morgan fingerprint density at radius 1 is 1.12 bits per heavy atom. The van der Waals surface area contributed by atoms with Gasteiger partial charge in [0, 0.05) is 44.5 Å². The lowest BCUT2D eigenvalue weighted by atomic mass is 10.3. The molecule has 0 aliphatic carbocycles. The van der Waals surface area contributed by atoms with Crippen LogP contribution in [0.5, 0.6) is 0 Å². The van der Waals surface area contributed by atoms with Crippen LogP contribution in [0.1, 0.15) is 18.3 Å². The van der Waals surface area contributed by atoms with Gasteiger partial charge in [0.05, 0.1) is 0 Å². The molecule has 0 radical (unpaired) electrons. The van der Waals surface area contributed by atoms with Crippen LogP contribution in [0.4, 0.5) is 5.95 Å². The molecule has 92 valence electrons. The first kappa shape index (κ1) is 11.8. The average Bonchev–Trinajstić information content (AvgIpc) is 2.28. The van der Waals surface area contributed by atoms with E-state index in [1.54, 1.807) is 6.92 Å². The maximum atomic E-state index is 11.2. The molecule has 2 heterocycles. The highest BCUT2D eigenvalue weighted by atomic mass is 16.2. The van der Waals surface area contributed by atoms with Crippen LogP contribution in [0.15, 0.2) is 6.07 Å². The Hall–Kier alpha value is -1.65. The molecule has 1 amide bonds. The van der Waals surface area contributed by atoms with E-state index < -0.39 is 0 Å². The van der Waals surface area contributed by atoms with Gasteiger partial charge in [-0.2, -0.15) is 0 Å². The normalized spacial score (nSPS) is 16.2. The molecule has 5 nitrogen and oxygen atoms in total. The third-order valence-corrected chi connectivity index (χ3v) is 2.98. The first-order valence-electron chi connectivity index (χ1n) is 5.89. The largest absolute Gasteiger partial charge is 0.339 e. The number of aromatic nitrogens is 2. The quantitative estimate of drug-likeness (QED) is 0.720. The number of carbonyl (C=O) groups excluding carboxylic acids is 1. The molecule has 0 bridgehead atoms. The fourth-order valence-electron chi connectivity index (χ4n) is 2.07. The van der Waals surface area contributed by atoms with Gasteiger partial charge >= 0.3 is 0 Å². The van der Waals surface area contributed by atoms with Crippen molar-refractivity contribution in [2.45, 2.75) is 20.8 Å². The highest BCUT2D eigenvalue weighted by molar-refractivity contribution is 5.73. The minimum Gasteiger partial charge on any atom is -0.339 e. The van der Waals surface area contributed by atoms with Crippen LogP contribution in [0.2, 0.25) is 0 Å². The van der Waals surface area contributed by atoms with E-state index in [0.717, 1.165) is 43.5 Å². The Balaban J connectivity index is 2.07. The number of hydrogen-bond acceptors (Lipinski definition) is 4. The van der Waals surface area contributed by atoms with Gasteiger partial charge in [0.15, 0.2) is 0 Å². The van der Waals surface area contributed by atoms with Crippen molar-refractivity contribution >= 4 is 11.9 Å².